The summed E-state index contributed by atoms with van der Waals surface area (Å²) in [5.74, 6) is 3.47. The second-order valence-electron chi connectivity index (χ2n) is 5.63. The van der Waals surface area contributed by atoms with E-state index in [2.05, 4.69) is 32.7 Å². The summed E-state index contributed by atoms with van der Waals surface area (Å²) in [5.41, 5.74) is 1.24. The smallest absolute Gasteiger partial charge is 0.132 e. The molecule has 2 aromatic rings. The third-order valence-electron chi connectivity index (χ3n) is 3.62. The van der Waals surface area contributed by atoms with Crippen molar-refractivity contribution in [1.29, 1.82) is 0 Å². The standard InChI is InChI=1S/C17H22N4O/c1-12-19-16(11-17(20-12)21-14-6-7-14)18-9-8-13-4-3-5-15(10-13)22-2/h3-5,10-11,14H,6-9H2,1-2H3,(H2,18,19,20,21). The highest BCUT2D eigenvalue weighted by molar-refractivity contribution is 5.48. The first-order valence-electron chi connectivity index (χ1n) is 7.72. The van der Waals surface area contributed by atoms with Gasteiger partial charge in [0.15, 0.2) is 0 Å². The van der Waals surface area contributed by atoms with E-state index in [0.717, 1.165) is 36.2 Å². The quantitative estimate of drug-likeness (QED) is 0.823. The zero-order valence-corrected chi connectivity index (χ0v) is 13.1. The molecule has 0 radical (unpaired) electrons. The van der Waals surface area contributed by atoms with E-state index in [0.29, 0.717) is 6.04 Å². The molecular formula is C17H22N4O. The molecule has 3 rings (SSSR count). The van der Waals surface area contributed by atoms with Gasteiger partial charge in [-0.1, -0.05) is 12.1 Å². The average molecular weight is 298 g/mol. The molecule has 0 amide bonds. The first kappa shape index (κ1) is 14.6. The summed E-state index contributed by atoms with van der Waals surface area (Å²) < 4.78 is 5.24. The van der Waals surface area contributed by atoms with Gasteiger partial charge in [0.05, 0.1) is 7.11 Å². The molecule has 116 valence electrons. The summed E-state index contributed by atoms with van der Waals surface area (Å²) in [6.45, 7) is 2.75. The maximum atomic E-state index is 5.24. The fourth-order valence-corrected chi connectivity index (χ4v) is 2.33. The van der Waals surface area contributed by atoms with E-state index in [1.807, 2.05) is 25.1 Å². The highest BCUT2D eigenvalue weighted by Crippen LogP contribution is 2.24. The van der Waals surface area contributed by atoms with Crippen molar-refractivity contribution < 1.29 is 4.74 Å². The molecule has 22 heavy (non-hydrogen) atoms. The molecule has 1 aromatic heterocycles. The first-order chi connectivity index (χ1) is 10.7. The van der Waals surface area contributed by atoms with Crippen molar-refractivity contribution in [1.82, 2.24) is 9.97 Å². The molecule has 0 saturated heterocycles. The summed E-state index contributed by atoms with van der Waals surface area (Å²) in [4.78, 5) is 8.86. The minimum Gasteiger partial charge on any atom is -0.497 e. The fraction of sp³-hybridized carbons (Fsp3) is 0.412. The minimum atomic E-state index is 0.596. The van der Waals surface area contributed by atoms with Crippen LogP contribution in [0.1, 0.15) is 24.2 Å². The van der Waals surface area contributed by atoms with E-state index in [9.17, 15) is 0 Å². The Labute approximate surface area is 131 Å². The van der Waals surface area contributed by atoms with Gasteiger partial charge in [-0.2, -0.15) is 0 Å². The fourth-order valence-electron chi connectivity index (χ4n) is 2.33. The first-order valence-corrected chi connectivity index (χ1v) is 7.72. The van der Waals surface area contributed by atoms with Crippen LogP contribution in [0.5, 0.6) is 5.75 Å². The maximum Gasteiger partial charge on any atom is 0.132 e. The molecule has 0 bridgehead atoms. The number of hydrogen-bond donors (Lipinski definition) is 2. The van der Waals surface area contributed by atoms with Crippen molar-refractivity contribution in [3.63, 3.8) is 0 Å². The van der Waals surface area contributed by atoms with E-state index in [1.165, 1.54) is 18.4 Å². The van der Waals surface area contributed by atoms with Crippen molar-refractivity contribution in [2.24, 2.45) is 0 Å². The van der Waals surface area contributed by atoms with Crippen LogP contribution in [-0.4, -0.2) is 29.7 Å². The number of aromatic nitrogens is 2. The van der Waals surface area contributed by atoms with E-state index in [-0.39, 0.29) is 0 Å². The van der Waals surface area contributed by atoms with Crippen molar-refractivity contribution in [2.45, 2.75) is 32.2 Å². The largest absolute Gasteiger partial charge is 0.497 e. The van der Waals surface area contributed by atoms with Gasteiger partial charge in [-0.15, -0.1) is 0 Å². The Hall–Kier alpha value is -2.30. The lowest BCUT2D eigenvalue weighted by molar-refractivity contribution is 0.414. The van der Waals surface area contributed by atoms with E-state index in [4.69, 9.17) is 4.74 Å². The van der Waals surface area contributed by atoms with Gasteiger partial charge in [-0.3, -0.25) is 0 Å². The molecule has 0 spiro atoms. The van der Waals surface area contributed by atoms with Crippen LogP contribution in [0.3, 0.4) is 0 Å². The van der Waals surface area contributed by atoms with Gasteiger partial charge < -0.3 is 15.4 Å². The molecule has 0 atom stereocenters. The SMILES string of the molecule is COc1cccc(CCNc2cc(NC3CC3)nc(C)n2)c1. The number of methoxy groups -OCH3 is 1. The molecule has 1 aromatic carbocycles. The second-order valence-corrected chi connectivity index (χ2v) is 5.63. The van der Waals surface area contributed by atoms with Gasteiger partial charge >= 0.3 is 0 Å². The molecule has 0 unspecified atom stereocenters. The van der Waals surface area contributed by atoms with Gasteiger partial charge in [0.1, 0.15) is 23.2 Å². The molecule has 2 N–H and O–H groups in total. The Morgan fingerprint density at radius 2 is 2.00 bits per heavy atom. The van der Waals surface area contributed by atoms with Gasteiger partial charge in [-0.25, -0.2) is 9.97 Å². The molecule has 1 aliphatic carbocycles. The summed E-state index contributed by atoms with van der Waals surface area (Å²) in [6.07, 6.45) is 3.40. The molecule has 0 aliphatic heterocycles. The number of anilines is 2. The summed E-state index contributed by atoms with van der Waals surface area (Å²) >= 11 is 0. The van der Waals surface area contributed by atoms with Gasteiger partial charge in [-0.05, 0) is 43.9 Å². The van der Waals surface area contributed by atoms with E-state index in [1.54, 1.807) is 7.11 Å². The molecule has 1 heterocycles. The van der Waals surface area contributed by atoms with E-state index < -0.39 is 0 Å². The predicted octanol–water partition coefficient (Wildman–Crippen LogP) is 3.02. The Balaban J connectivity index is 1.57. The summed E-state index contributed by atoms with van der Waals surface area (Å²) in [6, 6.07) is 10.7. The third kappa shape index (κ3) is 4.10. The number of benzene rings is 1. The van der Waals surface area contributed by atoms with Crippen LogP contribution in [-0.2, 0) is 6.42 Å². The summed E-state index contributed by atoms with van der Waals surface area (Å²) in [7, 11) is 1.69. The van der Waals surface area contributed by atoms with Crippen molar-refractivity contribution in [3.8, 4) is 5.75 Å². The Morgan fingerprint density at radius 1 is 1.18 bits per heavy atom. The maximum absolute atomic E-state index is 5.24. The lowest BCUT2D eigenvalue weighted by Crippen LogP contribution is -2.10. The summed E-state index contributed by atoms with van der Waals surface area (Å²) in [5, 5.41) is 6.79. The van der Waals surface area contributed by atoms with Crippen LogP contribution in [0.15, 0.2) is 30.3 Å². The monoisotopic (exact) mass is 298 g/mol. The number of aryl methyl sites for hydroxylation is 1. The second kappa shape index (κ2) is 6.64. The van der Waals surface area contributed by atoms with E-state index >= 15 is 0 Å². The molecule has 1 fully saturated rings. The molecular weight excluding hydrogens is 276 g/mol. The number of nitrogens with zero attached hydrogens (tertiary/aromatic N) is 2. The van der Waals surface area contributed by atoms with Crippen LogP contribution in [0.2, 0.25) is 0 Å². The van der Waals surface area contributed by atoms with Crippen LogP contribution < -0.4 is 15.4 Å². The normalized spacial score (nSPS) is 13.7. The lowest BCUT2D eigenvalue weighted by atomic mass is 10.1. The Kier molecular flexibility index (Phi) is 4.42. The Bertz CT molecular complexity index is 640. The molecule has 5 heteroatoms. The molecule has 1 saturated carbocycles. The van der Waals surface area contributed by atoms with Crippen molar-refractivity contribution >= 4 is 11.6 Å². The van der Waals surface area contributed by atoms with Crippen LogP contribution >= 0.6 is 0 Å². The van der Waals surface area contributed by atoms with Gasteiger partial charge in [0, 0.05) is 18.7 Å². The van der Waals surface area contributed by atoms with Crippen LogP contribution in [0.25, 0.3) is 0 Å². The van der Waals surface area contributed by atoms with Crippen LogP contribution in [0.4, 0.5) is 11.6 Å². The average Bonchev–Trinajstić information content (AvgIpc) is 3.31. The van der Waals surface area contributed by atoms with Crippen molar-refractivity contribution in [3.05, 3.63) is 41.7 Å². The molecule has 1 aliphatic rings. The highest BCUT2D eigenvalue weighted by Gasteiger charge is 2.21. The zero-order chi connectivity index (χ0) is 15.4. The van der Waals surface area contributed by atoms with Gasteiger partial charge in [0.25, 0.3) is 0 Å². The lowest BCUT2D eigenvalue weighted by Gasteiger charge is -2.10. The third-order valence-corrected chi connectivity index (χ3v) is 3.62. The molecule has 5 nitrogen and oxygen atoms in total. The minimum absolute atomic E-state index is 0.596. The topological polar surface area (TPSA) is 59.1 Å². The number of hydrogen-bond acceptors (Lipinski definition) is 5. The number of rotatable bonds is 7. The highest BCUT2D eigenvalue weighted by atomic mass is 16.5. The Morgan fingerprint density at radius 3 is 2.77 bits per heavy atom. The van der Waals surface area contributed by atoms with Gasteiger partial charge in [0.2, 0.25) is 0 Å². The predicted molar refractivity (Wildman–Crippen MR) is 88.6 cm³/mol. The zero-order valence-electron chi connectivity index (χ0n) is 13.1. The van der Waals surface area contributed by atoms with Crippen LogP contribution in [0, 0.1) is 6.92 Å². The number of ether oxygens (including phenoxy) is 1. The number of nitrogens with one attached hydrogen (secondary N) is 2. The van der Waals surface area contributed by atoms with Crippen molar-refractivity contribution in [2.75, 3.05) is 24.3 Å².